The van der Waals surface area contributed by atoms with Crippen molar-refractivity contribution in [3.05, 3.63) is 34.9 Å². The molecule has 3 rings (SSSR count). The van der Waals surface area contributed by atoms with E-state index in [0.29, 0.717) is 36.7 Å². The molecule has 2 saturated heterocycles. The van der Waals surface area contributed by atoms with Crippen LogP contribution >= 0.6 is 11.6 Å². The van der Waals surface area contributed by atoms with Crippen LogP contribution in [0.4, 0.5) is 0 Å². The molecule has 1 aromatic carbocycles. The lowest BCUT2D eigenvalue weighted by molar-refractivity contribution is -0.145. The Morgan fingerprint density at radius 3 is 2.61 bits per heavy atom. The standard InChI is InChI=1S/C17H20ClNO4/c18-13-3-1-2-12(10-13)16(20)19-7-4-11(5-8-19)15-14(17(21)22)6-9-23-15/h1-3,10-11,14-15H,4-9H2,(H,21,22)/t14?,15-/m0/s1. The van der Waals surface area contributed by atoms with E-state index in [1.165, 1.54) is 0 Å². The molecule has 2 aliphatic rings. The maximum absolute atomic E-state index is 12.5. The van der Waals surface area contributed by atoms with Gasteiger partial charge in [0.15, 0.2) is 0 Å². The predicted octanol–water partition coefficient (Wildman–Crippen LogP) is 2.68. The summed E-state index contributed by atoms with van der Waals surface area (Å²) in [6.07, 6.45) is 1.93. The van der Waals surface area contributed by atoms with Crippen LogP contribution in [0.15, 0.2) is 24.3 Å². The summed E-state index contributed by atoms with van der Waals surface area (Å²) in [5.74, 6) is -0.991. The molecule has 124 valence electrons. The van der Waals surface area contributed by atoms with E-state index < -0.39 is 11.9 Å². The minimum Gasteiger partial charge on any atom is -0.481 e. The Morgan fingerprint density at radius 2 is 1.96 bits per heavy atom. The average Bonchev–Trinajstić information content (AvgIpc) is 3.04. The van der Waals surface area contributed by atoms with Crippen LogP contribution in [0.2, 0.25) is 5.02 Å². The van der Waals surface area contributed by atoms with Gasteiger partial charge < -0.3 is 14.7 Å². The van der Waals surface area contributed by atoms with E-state index in [1.807, 2.05) is 4.90 Å². The number of benzene rings is 1. The zero-order valence-corrected chi connectivity index (χ0v) is 13.5. The van der Waals surface area contributed by atoms with Crippen molar-refractivity contribution >= 4 is 23.5 Å². The van der Waals surface area contributed by atoms with E-state index in [0.717, 1.165) is 12.8 Å². The van der Waals surface area contributed by atoms with Gasteiger partial charge in [-0.3, -0.25) is 9.59 Å². The molecule has 2 atom stereocenters. The van der Waals surface area contributed by atoms with Gasteiger partial charge in [0.1, 0.15) is 0 Å². The van der Waals surface area contributed by atoms with E-state index in [9.17, 15) is 14.7 Å². The molecule has 0 bridgehead atoms. The zero-order valence-electron chi connectivity index (χ0n) is 12.8. The van der Waals surface area contributed by atoms with Gasteiger partial charge in [-0.25, -0.2) is 0 Å². The fourth-order valence-electron chi connectivity index (χ4n) is 3.58. The molecular weight excluding hydrogens is 318 g/mol. The number of aliphatic carboxylic acids is 1. The summed E-state index contributed by atoms with van der Waals surface area (Å²) in [5, 5.41) is 9.82. The highest BCUT2D eigenvalue weighted by molar-refractivity contribution is 6.30. The molecule has 5 nitrogen and oxygen atoms in total. The summed E-state index contributed by atoms with van der Waals surface area (Å²) >= 11 is 5.94. The van der Waals surface area contributed by atoms with E-state index >= 15 is 0 Å². The molecule has 1 aromatic rings. The summed E-state index contributed by atoms with van der Waals surface area (Å²) in [5.41, 5.74) is 0.594. The van der Waals surface area contributed by atoms with Crippen molar-refractivity contribution in [2.45, 2.75) is 25.4 Å². The molecule has 2 aliphatic heterocycles. The largest absolute Gasteiger partial charge is 0.481 e. The monoisotopic (exact) mass is 337 g/mol. The number of piperidine rings is 1. The second-order valence-electron chi connectivity index (χ2n) is 6.21. The molecule has 0 aromatic heterocycles. The van der Waals surface area contributed by atoms with Gasteiger partial charge in [0.2, 0.25) is 0 Å². The molecule has 1 unspecified atom stereocenters. The van der Waals surface area contributed by atoms with Gasteiger partial charge in [0.25, 0.3) is 5.91 Å². The molecule has 1 amide bonds. The molecule has 0 radical (unpaired) electrons. The lowest BCUT2D eigenvalue weighted by Gasteiger charge is -2.35. The summed E-state index contributed by atoms with van der Waals surface area (Å²) in [6.45, 7) is 1.77. The minimum atomic E-state index is -0.773. The maximum Gasteiger partial charge on any atom is 0.309 e. The van der Waals surface area contributed by atoms with Gasteiger partial charge >= 0.3 is 5.97 Å². The Kier molecular flexibility index (Phi) is 4.87. The Morgan fingerprint density at radius 1 is 1.22 bits per heavy atom. The van der Waals surface area contributed by atoms with Crippen molar-refractivity contribution in [1.29, 1.82) is 0 Å². The Hall–Kier alpha value is -1.59. The van der Waals surface area contributed by atoms with E-state index in [2.05, 4.69) is 0 Å². The highest BCUT2D eigenvalue weighted by Crippen LogP contribution is 2.33. The van der Waals surface area contributed by atoms with Crippen LogP contribution in [0, 0.1) is 11.8 Å². The molecular formula is C17H20ClNO4. The first-order valence-corrected chi connectivity index (χ1v) is 8.33. The number of hydrogen-bond donors (Lipinski definition) is 1. The number of carboxylic acids is 1. The van der Waals surface area contributed by atoms with Crippen molar-refractivity contribution in [2.75, 3.05) is 19.7 Å². The molecule has 0 saturated carbocycles. The smallest absolute Gasteiger partial charge is 0.309 e. The highest BCUT2D eigenvalue weighted by Gasteiger charge is 2.40. The van der Waals surface area contributed by atoms with Crippen LogP contribution in [-0.2, 0) is 9.53 Å². The number of hydrogen-bond acceptors (Lipinski definition) is 3. The third-order valence-electron chi connectivity index (χ3n) is 4.82. The lowest BCUT2D eigenvalue weighted by atomic mass is 9.84. The summed E-state index contributed by atoms with van der Waals surface area (Å²) in [4.78, 5) is 25.6. The second-order valence-corrected chi connectivity index (χ2v) is 6.65. The van der Waals surface area contributed by atoms with Crippen LogP contribution < -0.4 is 0 Å². The van der Waals surface area contributed by atoms with Crippen molar-refractivity contribution < 1.29 is 19.4 Å². The topological polar surface area (TPSA) is 66.8 Å². The Labute approximate surface area is 140 Å². The zero-order chi connectivity index (χ0) is 16.4. The first-order chi connectivity index (χ1) is 11.1. The number of likely N-dealkylation sites (tertiary alicyclic amines) is 1. The first kappa shape index (κ1) is 16.3. The number of nitrogens with zero attached hydrogens (tertiary/aromatic N) is 1. The number of halogens is 1. The normalized spacial score (nSPS) is 25.5. The minimum absolute atomic E-state index is 0.0203. The van der Waals surface area contributed by atoms with E-state index in [-0.39, 0.29) is 17.9 Å². The van der Waals surface area contributed by atoms with Gasteiger partial charge in [0, 0.05) is 30.3 Å². The van der Waals surface area contributed by atoms with Gasteiger partial charge in [-0.2, -0.15) is 0 Å². The molecule has 2 heterocycles. The van der Waals surface area contributed by atoms with Crippen molar-refractivity contribution in [3.63, 3.8) is 0 Å². The van der Waals surface area contributed by atoms with Crippen LogP contribution in [0.3, 0.4) is 0 Å². The number of carbonyl (C=O) groups excluding carboxylic acids is 1. The number of carboxylic acid groups (broad SMARTS) is 1. The Bertz CT molecular complexity index is 598. The number of rotatable bonds is 3. The van der Waals surface area contributed by atoms with Crippen LogP contribution in [-0.4, -0.2) is 47.7 Å². The fraction of sp³-hybridized carbons (Fsp3) is 0.529. The maximum atomic E-state index is 12.5. The molecule has 1 N–H and O–H groups in total. The van der Waals surface area contributed by atoms with E-state index in [1.54, 1.807) is 24.3 Å². The highest BCUT2D eigenvalue weighted by atomic mass is 35.5. The fourth-order valence-corrected chi connectivity index (χ4v) is 3.77. The van der Waals surface area contributed by atoms with Crippen LogP contribution in [0.1, 0.15) is 29.6 Å². The molecule has 23 heavy (non-hydrogen) atoms. The van der Waals surface area contributed by atoms with Gasteiger partial charge in [-0.15, -0.1) is 0 Å². The number of carbonyl (C=O) groups is 2. The second kappa shape index (κ2) is 6.89. The van der Waals surface area contributed by atoms with Gasteiger partial charge in [0.05, 0.1) is 12.0 Å². The van der Waals surface area contributed by atoms with E-state index in [4.69, 9.17) is 16.3 Å². The van der Waals surface area contributed by atoms with Crippen molar-refractivity contribution in [3.8, 4) is 0 Å². The summed E-state index contributed by atoms with van der Waals surface area (Å²) in [6, 6.07) is 6.96. The quantitative estimate of drug-likeness (QED) is 0.920. The molecule has 6 heteroatoms. The van der Waals surface area contributed by atoms with Crippen molar-refractivity contribution in [1.82, 2.24) is 4.90 Å². The summed E-state index contributed by atoms with van der Waals surface area (Å²) in [7, 11) is 0. The first-order valence-electron chi connectivity index (χ1n) is 7.95. The van der Waals surface area contributed by atoms with Crippen LogP contribution in [0.25, 0.3) is 0 Å². The molecule has 0 spiro atoms. The average molecular weight is 338 g/mol. The number of amides is 1. The Balaban J connectivity index is 1.60. The molecule has 2 fully saturated rings. The SMILES string of the molecule is O=C(O)C1CCO[C@H]1C1CCN(C(=O)c2cccc(Cl)c2)CC1. The summed E-state index contributed by atoms with van der Waals surface area (Å²) < 4.78 is 5.66. The third kappa shape index (κ3) is 3.51. The van der Waals surface area contributed by atoms with Gasteiger partial charge in [-0.1, -0.05) is 17.7 Å². The van der Waals surface area contributed by atoms with Gasteiger partial charge in [-0.05, 0) is 43.4 Å². The van der Waals surface area contributed by atoms with Crippen LogP contribution in [0.5, 0.6) is 0 Å². The van der Waals surface area contributed by atoms with Crippen molar-refractivity contribution in [2.24, 2.45) is 11.8 Å². The number of ether oxygens (including phenoxy) is 1. The lowest BCUT2D eigenvalue weighted by Crippen LogP contribution is -2.43. The predicted molar refractivity (Wildman–Crippen MR) is 85.6 cm³/mol. The molecule has 0 aliphatic carbocycles. The third-order valence-corrected chi connectivity index (χ3v) is 5.05.